The van der Waals surface area contributed by atoms with Gasteiger partial charge in [0.05, 0.1) is 27.6 Å². The fraction of sp³-hybridized carbons (Fsp3) is 0.833. The lowest BCUT2D eigenvalue weighted by Gasteiger charge is -2.33. The quantitative estimate of drug-likeness (QED) is 0.617. The molecule has 17 heavy (non-hydrogen) atoms. The van der Waals surface area contributed by atoms with Gasteiger partial charge in [0.15, 0.2) is 11.4 Å². The van der Waals surface area contributed by atoms with Crippen LogP contribution in [0.2, 0.25) is 0 Å². The summed E-state index contributed by atoms with van der Waals surface area (Å²) < 4.78 is 0.349. The minimum atomic E-state index is -1.75. The van der Waals surface area contributed by atoms with Gasteiger partial charge in [-0.05, 0) is 6.42 Å². The molecule has 0 rings (SSSR count). The van der Waals surface area contributed by atoms with Crippen LogP contribution >= 0.6 is 0 Å². The van der Waals surface area contributed by atoms with E-state index >= 15 is 0 Å². The highest BCUT2D eigenvalue weighted by molar-refractivity contribution is 5.90. The van der Waals surface area contributed by atoms with Gasteiger partial charge in [-0.2, -0.15) is 0 Å². The van der Waals surface area contributed by atoms with E-state index < -0.39 is 18.0 Å². The van der Waals surface area contributed by atoms with Gasteiger partial charge in [-0.3, -0.25) is 9.59 Å². The third kappa shape index (κ3) is 6.38. The molecule has 0 bridgehead atoms. The molecule has 5 heteroatoms. The van der Waals surface area contributed by atoms with Crippen LogP contribution in [-0.4, -0.2) is 59.7 Å². The number of carbonyl (C=O) groups is 2. The van der Waals surface area contributed by atoms with Crippen molar-refractivity contribution in [2.75, 3.05) is 27.7 Å². The van der Waals surface area contributed by atoms with Crippen LogP contribution in [0.3, 0.4) is 0 Å². The minimum absolute atomic E-state index is 0.113. The summed E-state index contributed by atoms with van der Waals surface area (Å²) >= 11 is 0. The number of nitrogens with zero attached hydrogens (tertiary/aromatic N) is 1. The fourth-order valence-electron chi connectivity index (χ4n) is 1.85. The van der Waals surface area contributed by atoms with Crippen molar-refractivity contribution in [1.29, 1.82) is 0 Å². The lowest BCUT2D eigenvalue weighted by atomic mass is 9.90. The highest BCUT2D eigenvalue weighted by atomic mass is 16.4. The number of rotatable bonds is 8. The number of likely N-dealkylation sites (N-methyl/N-ethyl adjacent to an activating group) is 1. The van der Waals surface area contributed by atoms with Crippen LogP contribution in [-0.2, 0) is 9.59 Å². The minimum Gasteiger partial charge on any atom is -0.481 e. The largest absolute Gasteiger partial charge is 0.481 e. The lowest BCUT2D eigenvalue weighted by Crippen LogP contribution is -2.54. The molecule has 0 aliphatic heterocycles. The molecule has 100 valence electrons. The first-order valence-corrected chi connectivity index (χ1v) is 5.88. The standard InChI is InChI=1S/C12H23NO4/c1-5-6-7-10(14)12(17,8-11(15)16)9-13(2,3)4/h17H,5-9H2,1-4H3/p+1/t12-/m1/s1. The van der Waals surface area contributed by atoms with Gasteiger partial charge in [-0.25, -0.2) is 0 Å². The van der Waals surface area contributed by atoms with Crippen LogP contribution < -0.4 is 0 Å². The normalized spacial score (nSPS) is 15.4. The van der Waals surface area contributed by atoms with E-state index in [1.165, 1.54) is 0 Å². The second kappa shape index (κ2) is 6.12. The zero-order valence-electron chi connectivity index (χ0n) is 11.2. The molecule has 2 N–H and O–H groups in total. The van der Waals surface area contributed by atoms with Crippen molar-refractivity contribution in [3.05, 3.63) is 0 Å². The molecule has 0 spiro atoms. The van der Waals surface area contributed by atoms with Gasteiger partial charge in [-0.1, -0.05) is 13.3 Å². The van der Waals surface area contributed by atoms with Gasteiger partial charge in [0.2, 0.25) is 0 Å². The summed E-state index contributed by atoms with van der Waals surface area (Å²) in [7, 11) is 5.46. The average Bonchev–Trinajstić information content (AvgIpc) is 2.09. The third-order valence-corrected chi connectivity index (χ3v) is 2.46. The lowest BCUT2D eigenvalue weighted by molar-refractivity contribution is -0.875. The smallest absolute Gasteiger partial charge is 0.306 e. The maximum absolute atomic E-state index is 11.9. The molecule has 0 aliphatic rings. The van der Waals surface area contributed by atoms with E-state index in [2.05, 4.69) is 0 Å². The van der Waals surface area contributed by atoms with Crippen molar-refractivity contribution in [2.45, 2.75) is 38.2 Å². The van der Waals surface area contributed by atoms with E-state index in [-0.39, 0.29) is 18.7 Å². The number of unbranched alkanes of at least 4 members (excludes halogenated alkanes) is 1. The molecule has 0 aromatic carbocycles. The van der Waals surface area contributed by atoms with Crippen molar-refractivity contribution in [2.24, 2.45) is 0 Å². The van der Waals surface area contributed by atoms with Crippen LogP contribution in [0.15, 0.2) is 0 Å². The van der Waals surface area contributed by atoms with Gasteiger partial charge in [-0.15, -0.1) is 0 Å². The van der Waals surface area contributed by atoms with Gasteiger partial charge >= 0.3 is 5.97 Å². The first-order valence-electron chi connectivity index (χ1n) is 5.88. The molecule has 0 unspecified atom stereocenters. The van der Waals surface area contributed by atoms with E-state index in [1.807, 2.05) is 28.1 Å². The Morgan fingerprint density at radius 1 is 1.24 bits per heavy atom. The molecule has 0 amide bonds. The zero-order valence-corrected chi connectivity index (χ0v) is 11.2. The van der Waals surface area contributed by atoms with E-state index in [0.29, 0.717) is 10.9 Å². The number of Topliss-reactive ketones (excluding diaryl/α,β-unsaturated/α-hetero) is 1. The van der Waals surface area contributed by atoms with Crippen molar-refractivity contribution < 1.29 is 24.3 Å². The molecule has 0 saturated heterocycles. The number of hydrogen-bond acceptors (Lipinski definition) is 3. The summed E-state index contributed by atoms with van der Waals surface area (Å²) in [5.74, 6) is -1.51. The molecular weight excluding hydrogens is 222 g/mol. The first kappa shape index (κ1) is 16.1. The van der Waals surface area contributed by atoms with Gasteiger partial charge < -0.3 is 14.7 Å². The van der Waals surface area contributed by atoms with Gasteiger partial charge in [0.25, 0.3) is 0 Å². The Morgan fingerprint density at radius 3 is 2.12 bits per heavy atom. The van der Waals surface area contributed by atoms with Gasteiger partial charge in [0.1, 0.15) is 6.54 Å². The summed E-state index contributed by atoms with van der Waals surface area (Å²) in [6.45, 7) is 2.06. The SMILES string of the molecule is CCCCC(=O)[C@@](O)(CC(=O)O)C[N+](C)(C)C. The summed E-state index contributed by atoms with van der Waals surface area (Å²) in [5, 5.41) is 19.1. The number of aliphatic carboxylic acids is 1. The summed E-state index contributed by atoms with van der Waals surface area (Å²) in [4.78, 5) is 22.7. The number of aliphatic hydroxyl groups is 1. The molecule has 5 nitrogen and oxygen atoms in total. The summed E-state index contributed by atoms with van der Waals surface area (Å²) in [5.41, 5.74) is -1.75. The number of hydrogen-bond donors (Lipinski definition) is 2. The molecular formula is C12H24NO4+. The Kier molecular flexibility index (Phi) is 5.78. The maximum Gasteiger partial charge on any atom is 0.306 e. The molecule has 0 radical (unpaired) electrons. The Balaban J connectivity index is 4.83. The monoisotopic (exact) mass is 246 g/mol. The predicted octanol–water partition coefficient (Wildman–Crippen LogP) is 0.658. The Morgan fingerprint density at radius 2 is 1.76 bits per heavy atom. The number of carboxylic acid groups (broad SMARTS) is 1. The number of ketones is 1. The number of carbonyl (C=O) groups excluding carboxylic acids is 1. The van der Waals surface area contributed by atoms with Crippen LogP contribution in [0, 0.1) is 0 Å². The van der Waals surface area contributed by atoms with Crippen molar-refractivity contribution in [3.8, 4) is 0 Å². The molecule has 0 saturated carbocycles. The van der Waals surface area contributed by atoms with E-state index in [9.17, 15) is 14.7 Å². The van der Waals surface area contributed by atoms with Crippen LogP contribution in [0.5, 0.6) is 0 Å². The predicted molar refractivity (Wildman–Crippen MR) is 64.6 cm³/mol. The second-order valence-electron chi connectivity index (χ2n) is 5.58. The van der Waals surface area contributed by atoms with Gasteiger partial charge in [0, 0.05) is 6.42 Å². The molecule has 0 aromatic heterocycles. The molecule has 0 fully saturated rings. The summed E-state index contributed by atoms with van der Waals surface area (Å²) in [6, 6.07) is 0. The molecule has 0 heterocycles. The van der Waals surface area contributed by atoms with E-state index in [1.54, 1.807) is 0 Å². The Labute approximate surface area is 103 Å². The van der Waals surface area contributed by atoms with E-state index in [0.717, 1.165) is 6.42 Å². The molecule has 0 aromatic rings. The number of quaternary nitrogens is 1. The first-order chi connectivity index (χ1) is 7.60. The topological polar surface area (TPSA) is 74.6 Å². The molecule has 0 aliphatic carbocycles. The van der Waals surface area contributed by atoms with Crippen LogP contribution in [0.25, 0.3) is 0 Å². The van der Waals surface area contributed by atoms with Crippen molar-refractivity contribution in [1.82, 2.24) is 0 Å². The van der Waals surface area contributed by atoms with Crippen LogP contribution in [0.4, 0.5) is 0 Å². The fourth-order valence-corrected chi connectivity index (χ4v) is 1.85. The van der Waals surface area contributed by atoms with Crippen molar-refractivity contribution in [3.63, 3.8) is 0 Å². The Hall–Kier alpha value is -0.940. The Bertz CT molecular complexity index is 283. The van der Waals surface area contributed by atoms with E-state index in [4.69, 9.17) is 5.11 Å². The average molecular weight is 246 g/mol. The second-order valence-corrected chi connectivity index (χ2v) is 5.58. The number of carboxylic acids is 1. The molecule has 1 atom stereocenters. The highest BCUT2D eigenvalue weighted by Crippen LogP contribution is 2.19. The highest BCUT2D eigenvalue weighted by Gasteiger charge is 2.42. The van der Waals surface area contributed by atoms with Crippen molar-refractivity contribution >= 4 is 11.8 Å². The maximum atomic E-state index is 11.9. The summed E-state index contributed by atoms with van der Waals surface area (Å²) in [6.07, 6.45) is 1.24. The zero-order chi connectivity index (χ0) is 13.7. The third-order valence-electron chi connectivity index (χ3n) is 2.46. The van der Waals surface area contributed by atoms with Crippen LogP contribution in [0.1, 0.15) is 32.6 Å².